The van der Waals surface area contributed by atoms with Gasteiger partial charge >= 0.3 is 0 Å². The Morgan fingerprint density at radius 2 is 2.36 bits per heavy atom. The Morgan fingerprint density at radius 1 is 1.71 bits per heavy atom. The fraction of sp³-hybridized carbons (Fsp3) is 0.143. The smallest absolute Gasteiger partial charge is 0.288 e. The highest BCUT2D eigenvalue weighted by atomic mass is 16.6. The van der Waals surface area contributed by atoms with Crippen LogP contribution in [0.2, 0.25) is 0 Å². The van der Waals surface area contributed by atoms with Gasteiger partial charge in [0, 0.05) is 13.1 Å². The summed E-state index contributed by atoms with van der Waals surface area (Å²) in [4.78, 5) is 24.4. The molecule has 1 aromatic rings. The molecule has 1 amide bonds. The Bertz CT molecular complexity index is 391. The van der Waals surface area contributed by atoms with E-state index < -0.39 is 10.8 Å². The molecule has 7 nitrogen and oxygen atoms in total. The van der Waals surface area contributed by atoms with E-state index in [1.807, 2.05) is 0 Å². The molecule has 0 saturated heterocycles. The number of nitrogen functional groups attached to an aromatic ring is 1. The molecule has 0 spiro atoms. The number of pyridine rings is 1. The van der Waals surface area contributed by atoms with Crippen molar-refractivity contribution >= 4 is 17.4 Å². The highest BCUT2D eigenvalue weighted by Crippen LogP contribution is 2.16. The summed E-state index contributed by atoms with van der Waals surface area (Å²) < 4.78 is 0. The van der Waals surface area contributed by atoms with E-state index in [4.69, 9.17) is 5.73 Å². The van der Waals surface area contributed by atoms with Crippen LogP contribution in [0.3, 0.4) is 0 Å². The average molecular weight is 196 g/mol. The van der Waals surface area contributed by atoms with E-state index in [0.29, 0.717) is 0 Å². The third-order valence-corrected chi connectivity index (χ3v) is 1.59. The zero-order valence-electron chi connectivity index (χ0n) is 7.35. The van der Waals surface area contributed by atoms with Crippen LogP contribution >= 0.6 is 0 Å². The van der Waals surface area contributed by atoms with Gasteiger partial charge in [0.2, 0.25) is 0 Å². The molecule has 0 bridgehead atoms. The first-order chi connectivity index (χ1) is 6.56. The van der Waals surface area contributed by atoms with Crippen LogP contribution in [0, 0.1) is 10.1 Å². The molecule has 1 aromatic heterocycles. The fourth-order valence-corrected chi connectivity index (χ4v) is 0.881. The van der Waals surface area contributed by atoms with Crippen LogP contribution in [-0.4, -0.2) is 22.9 Å². The summed E-state index contributed by atoms with van der Waals surface area (Å²) in [5.41, 5.74) is 5.11. The lowest BCUT2D eigenvalue weighted by molar-refractivity contribution is -0.385. The van der Waals surface area contributed by atoms with Gasteiger partial charge in [-0.15, -0.1) is 0 Å². The van der Waals surface area contributed by atoms with Crippen LogP contribution in [0.25, 0.3) is 0 Å². The van der Waals surface area contributed by atoms with Crippen LogP contribution in [-0.2, 0) is 0 Å². The standard InChI is InChI=1S/C7H8N4O3/c1-9-7(12)5-2-4(11(13)14)3-10-6(5)8/h2-3H,1H3,(H2,8,10)(H,9,12). The van der Waals surface area contributed by atoms with Crippen LogP contribution in [0.1, 0.15) is 10.4 Å². The lowest BCUT2D eigenvalue weighted by atomic mass is 10.2. The van der Waals surface area contributed by atoms with Crippen molar-refractivity contribution in [3.05, 3.63) is 27.9 Å². The number of amides is 1. The predicted molar refractivity (Wildman–Crippen MR) is 48.7 cm³/mol. The van der Waals surface area contributed by atoms with Crippen LogP contribution in [0.15, 0.2) is 12.3 Å². The second kappa shape index (κ2) is 3.69. The van der Waals surface area contributed by atoms with Crippen LogP contribution < -0.4 is 11.1 Å². The van der Waals surface area contributed by atoms with Crippen molar-refractivity contribution in [1.29, 1.82) is 0 Å². The molecule has 7 heteroatoms. The highest BCUT2D eigenvalue weighted by Gasteiger charge is 2.14. The molecule has 0 atom stereocenters. The minimum atomic E-state index is -0.640. The number of nitro groups is 1. The van der Waals surface area contributed by atoms with Gasteiger partial charge in [-0.25, -0.2) is 4.98 Å². The van der Waals surface area contributed by atoms with Crippen LogP contribution in [0.4, 0.5) is 11.5 Å². The maximum absolute atomic E-state index is 11.2. The summed E-state index contributed by atoms with van der Waals surface area (Å²) in [6, 6.07) is 1.08. The van der Waals surface area contributed by atoms with E-state index in [9.17, 15) is 14.9 Å². The SMILES string of the molecule is CNC(=O)c1cc([N+](=O)[O-])cnc1N. The van der Waals surface area contributed by atoms with Gasteiger partial charge in [-0.2, -0.15) is 0 Å². The summed E-state index contributed by atoms with van der Waals surface area (Å²) in [5, 5.41) is 12.7. The topological polar surface area (TPSA) is 111 Å². The summed E-state index contributed by atoms with van der Waals surface area (Å²) in [6.07, 6.45) is 1.00. The summed E-state index contributed by atoms with van der Waals surface area (Å²) in [6.45, 7) is 0. The van der Waals surface area contributed by atoms with Crippen molar-refractivity contribution in [2.75, 3.05) is 12.8 Å². The monoisotopic (exact) mass is 196 g/mol. The molecule has 0 aliphatic rings. The van der Waals surface area contributed by atoms with E-state index in [0.717, 1.165) is 12.3 Å². The first-order valence-electron chi connectivity index (χ1n) is 3.68. The van der Waals surface area contributed by atoms with E-state index in [1.165, 1.54) is 7.05 Å². The molecule has 0 aliphatic carbocycles. The third kappa shape index (κ3) is 1.76. The zero-order chi connectivity index (χ0) is 10.7. The molecule has 14 heavy (non-hydrogen) atoms. The Labute approximate surface area is 79.1 Å². The predicted octanol–water partition coefficient (Wildman–Crippen LogP) is -0.0684. The largest absolute Gasteiger partial charge is 0.383 e. The van der Waals surface area contributed by atoms with Crippen molar-refractivity contribution in [3.63, 3.8) is 0 Å². The molecule has 0 aliphatic heterocycles. The first kappa shape index (κ1) is 9.90. The number of nitrogens with one attached hydrogen (secondary N) is 1. The Hall–Kier alpha value is -2.18. The van der Waals surface area contributed by atoms with Gasteiger partial charge in [0.05, 0.1) is 10.5 Å². The quantitative estimate of drug-likeness (QED) is 0.508. The lowest BCUT2D eigenvalue weighted by Gasteiger charge is -2.01. The second-order valence-corrected chi connectivity index (χ2v) is 2.46. The highest BCUT2D eigenvalue weighted by molar-refractivity contribution is 5.98. The Kier molecular flexibility index (Phi) is 2.61. The van der Waals surface area contributed by atoms with Crippen molar-refractivity contribution in [3.8, 4) is 0 Å². The van der Waals surface area contributed by atoms with E-state index in [1.54, 1.807) is 0 Å². The number of hydrogen-bond donors (Lipinski definition) is 2. The maximum Gasteiger partial charge on any atom is 0.288 e. The fourth-order valence-electron chi connectivity index (χ4n) is 0.881. The lowest BCUT2D eigenvalue weighted by Crippen LogP contribution is -2.20. The molecule has 1 heterocycles. The number of hydrogen-bond acceptors (Lipinski definition) is 5. The minimum Gasteiger partial charge on any atom is -0.383 e. The van der Waals surface area contributed by atoms with Crippen LogP contribution in [0.5, 0.6) is 0 Å². The summed E-state index contributed by atoms with van der Waals surface area (Å²) in [5.74, 6) is -0.534. The van der Waals surface area contributed by atoms with E-state index in [-0.39, 0.29) is 17.1 Å². The molecule has 3 N–H and O–H groups in total. The molecule has 0 aromatic carbocycles. The normalized spacial score (nSPS) is 9.50. The first-order valence-corrected chi connectivity index (χ1v) is 3.68. The van der Waals surface area contributed by atoms with Gasteiger partial charge in [-0.1, -0.05) is 0 Å². The third-order valence-electron chi connectivity index (χ3n) is 1.59. The molecule has 0 unspecified atom stereocenters. The molecule has 1 rings (SSSR count). The van der Waals surface area contributed by atoms with Gasteiger partial charge < -0.3 is 11.1 Å². The number of aromatic nitrogens is 1. The number of rotatable bonds is 2. The minimum absolute atomic E-state index is 0.00157. The molecule has 0 saturated carbocycles. The van der Waals surface area contributed by atoms with Gasteiger partial charge in [-0.3, -0.25) is 14.9 Å². The number of carbonyl (C=O) groups is 1. The summed E-state index contributed by atoms with van der Waals surface area (Å²) >= 11 is 0. The number of nitrogens with zero attached hydrogens (tertiary/aromatic N) is 2. The van der Waals surface area contributed by atoms with Gasteiger partial charge in [0.25, 0.3) is 11.6 Å². The number of nitrogens with two attached hydrogens (primary N) is 1. The van der Waals surface area contributed by atoms with Crippen molar-refractivity contribution in [2.45, 2.75) is 0 Å². The van der Waals surface area contributed by atoms with E-state index in [2.05, 4.69) is 10.3 Å². The molecular weight excluding hydrogens is 188 g/mol. The number of carbonyl (C=O) groups excluding carboxylic acids is 1. The van der Waals surface area contributed by atoms with Gasteiger partial charge in [0.1, 0.15) is 12.0 Å². The van der Waals surface area contributed by atoms with Gasteiger partial charge in [-0.05, 0) is 0 Å². The molecule has 0 fully saturated rings. The molecule has 0 radical (unpaired) electrons. The number of anilines is 1. The Balaban J connectivity index is 3.21. The molecule has 74 valence electrons. The average Bonchev–Trinajstić information content (AvgIpc) is 2.17. The van der Waals surface area contributed by atoms with Crippen molar-refractivity contribution in [1.82, 2.24) is 10.3 Å². The maximum atomic E-state index is 11.2. The van der Waals surface area contributed by atoms with Crippen molar-refractivity contribution < 1.29 is 9.72 Å². The Morgan fingerprint density at radius 3 is 2.86 bits per heavy atom. The van der Waals surface area contributed by atoms with Gasteiger partial charge in [0.15, 0.2) is 0 Å². The van der Waals surface area contributed by atoms with E-state index >= 15 is 0 Å². The van der Waals surface area contributed by atoms with Crippen molar-refractivity contribution in [2.24, 2.45) is 0 Å². The molecular formula is C7H8N4O3. The zero-order valence-corrected chi connectivity index (χ0v) is 7.35. The second-order valence-electron chi connectivity index (χ2n) is 2.46. The summed E-state index contributed by atoms with van der Waals surface area (Å²) in [7, 11) is 1.40.